The SMILES string of the molecule is CC1CC=CC2=C1C1=C(C=CCC=C1)C21c2ccccc2-c2ccccc21.Cc1ccccc1. The first-order valence-corrected chi connectivity index (χ1v) is 12.4. The molecule has 0 heterocycles. The van der Waals surface area contributed by atoms with Gasteiger partial charge in [0.15, 0.2) is 0 Å². The molecule has 0 saturated heterocycles. The van der Waals surface area contributed by atoms with Gasteiger partial charge in [0, 0.05) is 0 Å². The molecule has 34 heavy (non-hydrogen) atoms. The Morgan fingerprint density at radius 1 is 0.647 bits per heavy atom. The van der Waals surface area contributed by atoms with E-state index >= 15 is 0 Å². The van der Waals surface area contributed by atoms with Crippen molar-refractivity contribution in [2.45, 2.75) is 32.1 Å². The molecule has 4 aliphatic rings. The Morgan fingerprint density at radius 2 is 1.24 bits per heavy atom. The molecule has 0 nitrogen and oxygen atoms in total. The second-order valence-electron chi connectivity index (χ2n) is 9.73. The maximum Gasteiger partial charge on any atom is 0.0722 e. The maximum atomic E-state index is 2.42. The third kappa shape index (κ3) is 2.98. The van der Waals surface area contributed by atoms with Crippen molar-refractivity contribution in [2.24, 2.45) is 5.92 Å². The zero-order valence-corrected chi connectivity index (χ0v) is 20.0. The average Bonchev–Trinajstić information content (AvgIpc) is 3.18. The van der Waals surface area contributed by atoms with Gasteiger partial charge in [0.2, 0.25) is 0 Å². The van der Waals surface area contributed by atoms with E-state index in [1.165, 1.54) is 44.5 Å². The van der Waals surface area contributed by atoms with Gasteiger partial charge in [-0.15, -0.1) is 0 Å². The Kier molecular flexibility index (Phi) is 5.11. The van der Waals surface area contributed by atoms with Crippen LogP contribution < -0.4 is 0 Å². The molecule has 0 aliphatic heterocycles. The normalized spacial score (nSPS) is 20.4. The van der Waals surface area contributed by atoms with Gasteiger partial charge in [-0.2, -0.15) is 0 Å². The third-order valence-electron chi connectivity index (χ3n) is 7.68. The highest BCUT2D eigenvalue weighted by atomic mass is 14.5. The zero-order valence-electron chi connectivity index (χ0n) is 20.0. The van der Waals surface area contributed by atoms with Crippen LogP contribution in [-0.2, 0) is 5.41 Å². The number of fused-ring (bicyclic) bond motifs is 8. The molecule has 0 aromatic heterocycles. The summed E-state index contributed by atoms with van der Waals surface area (Å²) in [5, 5.41) is 0. The number of hydrogen-bond acceptors (Lipinski definition) is 0. The van der Waals surface area contributed by atoms with Crippen LogP contribution in [0.25, 0.3) is 11.1 Å². The second kappa shape index (κ2) is 8.29. The molecular formula is C34H30. The van der Waals surface area contributed by atoms with E-state index in [0.29, 0.717) is 5.92 Å². The summed E-state index contributed by atoms with van der Waals surface area (Å²) in [6.07, 6.45) is 16.4. The van der Waals surface area contributed by atoms with Crippen LogP contribution in [0.5, 0.6) is 0 Å². The Hall–Kier alpha value is -3.64. The molecule has 1 spiro atoms. The van der Waals surface area contributed by atoms with Gasteiger partial charge in [-0.05, 0) is 70.2 Å². The molecule has 0 saturated carbocycles. The van der Waals surface area contributed by atoms with Crippen molar-refractivity contribution >= 4 is 0 Å². The quantitative estimate of drug-likeness (QED) is 0.329. The minimum absolute atomic E-state index is 0.159. The molecule has 166 valence electrons. The van der Waals surface area contributed by atoms with Crippen molar-refractivity contribution in [3.05, 3.63) is 154 Å². The first-order chi connectivity index (χ1) is 16.7. The molecular weight excluding hydrogens is 408 g/mol. The Morgan fingerprint density at radius 3 is 1.88 bits per heavy atom. The summed E-state index contributed by atoms with van der Waals surface area (Å²) in [5.41, 5.74) is 12.8. The molecule has 0 bridgehead atoms. The molecule has 3 aromatic carbocycles. The largest absolute Gasteiger partial charge is 0.0836 e. The summed E-state index contributed by atoms with van der Waals surface area (Å²) < 4.78 is 0. The second-order valence-corrected chi connectivity index (χ2v) is 9.73. The fourth-order valence-electron chi connectivity index (χ4n) is 6.29. The summed E-state index contributed by atoms with van der Waals surface area (Å²) >= 11 is 0. The highest BCUT2D eigenvalue weighted by molar-refractivity contribution is 5.90. The minimum atomic E-state index is -0.159. The predicted molar refractivity (Wildman–Crippen MR) is 144 cm³/mol. The van der Waals surface area contributed by atoms with E-state index < -0.39 is 0 Å². The lowest BCUT2D eigenvalue weighted by atomic mass is 9.67. The summed E-state index contributed by atoms with van der Waals surface area (Å²) in [7, 11) is 0. The monoisotopic (exact) mass is 438 g/mol. The molecule has 0 N–H and O–H groups in total. The van der Waals surface area contributed by atoms with Gasteiger partial charge in [0.25, 0.3) is 0 Å². The van der Waals surface area contributed by atoms with Gasteiger partial charge >= 0.3 is 0 Å². The van der Waals surface area contributed by atoms with Crippen LogP contribution in [0.15, 0.2) is 138 Å². The first kappa shape index (κ1) is 20.9. The van der Waals surface area contributed by atoms with E-state index in [1.54, 1.807) is 5.57 Å². The Balaban J connectivity index is 0.000000269. The number of rotatable bonds is 0. The lowest BCUT2D eigenvalue weighted by Gasteiger charge is -2.33. The van der Waals surface area contributed by atoms with E-state index in [4.69, 9.17) is 0 Å². The molecule has 0 radical (unpaired) electrons. The summed E-state index contributed by atoms with van der Waals surface area (Å²) in [4.78, 5) is 0. The van der Waals surface area contributed by atoms with E-state index in [1.807, 2.05) is 18.2 Å². The Labute approximate surface area is 203 Å². The van der Waals surface area contributed by atoms with Crippen LogP contribution in [0.2, 0.25) is 0 Å². The zero-order chi connectivity index (χ0) is 23.1. The van der Waals surface area contributed by atoms with Gasteiger partial charge < -0.3 is 0 Å². The maximum absolute atomic E-state index is 2.42. The summed E-state index contributed by atoms with van der Waals surface area (Å²) in [6.45, 7) is 4.47. The van der Waals surface area contributed by atoms with Crippen LogP contribution in [0.4, 0.5) is 0 Å². The van der Waals surface area contributed by atoms with Gasteiger partial charge in [-0.3, -0.25) is 0 Å². The molecule has 4 aliphatic carbocycles. The van der Waals surface area contributed by atoms with Crippen molar-refractivity contribution in [3.63, 3.8) is 0 Å². The standard InChI is InChI=1S/C27H22.C7H8/c1-18-10-9-17-25-26(18)21-13-3-2-4-14-24(21)27(25)22-15-7-5-11-19(22)20-12-6-8-16-23(20)27;1-7-5-3-2-4-6-7/h3-9,11-18H,2,10H2,1H3;2-6H,1H3. The van der Waals surface area contributed by atoms with Gasteiger partial charge in [-0.1, -0.05) is 128 Å². The molecule has 0 amide bonds. The fraction of sp³-hybridized carbons (Fsp3) is 0.176. The number of allylic oxidation sites excluding steroid dienone is 10. The minimum Gasteiger partial charge on any atom is -0.0836 e. The van der Waals surface area contributed by atoms with Gasteiger partial charge in [-0.25, -0.2) is 0 Å². The van der Waals surface area contributed by atoms with Crippen molar-refractivity contribution in [1.82, 2.24) is 0 Å². The lowest BCUT2D eigenvalue weighted by molar-refractivity contribution is 0.675. The van der Waals surface area contributed by atoms with Crippen molar-refractivity contribution < 1.29 is 0 Å². The molecule has 0 heteroatoms. The van der Waals surface area contributed by atoms with Gasteiger partial charge in [0.05, 0.1) is 5.41 Å². The highest BCUT2D eigenvalue weighted by Gasteiger charge is 2.53. The first-order valence-electron chi connectivity index (χ1n) is 12.4. The van der Waals surface area contributed by atoms with Gasteiger partial charge in [0.1, 0.15) is 0 Å². The molecule has 7 rings (SSSR count). The average molecular weight is 439 g/mol. The molecule has 3 aromatic rings. The number of hydrogen-bond donors (Lipinski definition) is 0. The van der Waals surface area contributed by atoms with Crippen LogP contribution in [0.1, 0.15) is 36.5 Å². The van der Waals surface area contributed by atoms with Crippen LogP contribution in [0, 0.1) is 12.8 Å². The number of aryl methyl sites for hydroxylation is 1. The van der Waals surface area contributed by atoms with Crippen molar-refractivity contribution in [1.29, 1.82) is 0 Å². The van der Waals surface area contributed by atoms with Crippen LogP contribution in [0.3, 0.4) is 0 Å². The predicted octanol–water partition coefficient (Wildman–Crippen LogP) is 8.67. The highest BCUT2D eigenvalue weighted by Crippen LogP contribution is 2.63. The van der Waals surface area contributed by atoms with E-state index in [2.05, 4.69) is 111 Å². The smallest absolute Gasteiger partial charge is 0.0722 e. The van der Waals surface area contributed by atoms with Crippen molar-refractivity contribution in [2.75, 3.05) is 0 Å². The van der Waals surface area contributed by atoms with E-state index in [-0.39, 0.29) is 5.41 Å². The summed E-state index contributed by atoms with van der Waals surface area (Å²) in [6, 6.07) is 28.3. The molecule has 1 unspecified atom stereocenters. The molecule has 0 fully saturated rings. The van der Waals surface area contributed by atoms with E-state index in [9.17, 15) is 0 Å². The Bertz CT molecular complexity index is 1360. The fourth-order valence-corrected chi connectivity index (χ4v) is 6.29. The lowest BCUT2D eigenvalue weighted by Crippen LogP contribution is -2.28. The van der Waals surface area contributed by atoms with Crippen LogP contribution in [-0.4, -0.2) is 0 Å². The number of benzene rings is 3. The van der Waals surface area contributed by atoms with E-state index in [0.717, 1.165) is 12.8 Å². The third-order valence-corrected chi connectivity index (χ3v) is 7.68. The topological polar surface area (TPSA) is 0 Å². The summed E-state index contributed by atoms with van der Waals surface area (Å²) in [5.74, 6) is 0.561. The van der Waals surface area contributed by atoms with Crippen molar-refractivity contribution in [3.8, 4) is 11.1 Å². The molecule has 1 atom stereocenters. The van der Waals surface area contributed by atoms with Crippen LogP contribution >= 0.6 is 0 Å².